The van der Waals surface area contributed by atoms with E-state index in [0.29, 0.717) is 18.8 Å². The van der Waals surface area contributed by atoms with Crippen LogP contribution in [0.5, 0.6) is 0 Å². The first-order valence-corrected chi connectivity index (χ1v) is 5.81. The summed E-state index contributed by atoms with van der Waals surface area (Å²) in [4.78, 5) is 0. The minimum atomic E-state index is -1.46. The summed E-state index contributed by atoms with van der Waals surface area (Å²) < 4.78 is 44.6. The number of benzene rings is 1. The molecule has 2 atom stereocenters. The van der Waals surface area contributed by atoms with Gasteiger partial charge in [0.15, 0.2) is 17.5 Å². The summed E-state index contributed by atoms with van der Waals surface area (Å²) in [5.74, 6) is 1.57. The Hall–Kier alpha value is -1.11. The maximum Gasteiger partial charge on any atom is 0.194 e. The van der Waals surface area contributed by atoms with Crippen molar-refractivity contribution < 1.29 is 17.9 Å². The van der Waals surface area contributed by atoms with Crippen molar-refractivity contribution >= 4 is 0 Å². The van der Waals surface area contributed by atoms with Crippen LogP contribution in [0.4, 0.5) is 13.2 Å². The third kappa shape index (κ3) is 2.66. The van der Waals surface area contributed by atoms with Gasteiger partial charge in [-0.05, 0) is 30.5 Å². The maximum absolute atomic E-state index is 13.2. The van der Waals surface area contributed by atoms with Crippen molar-refractivity contribution in [2.45, 2.75) is 18.9 Å². The third-order valence-corrected chi connectivity index (χ3v) is 3.21. The Labute approximate surface area is 103 Å². The molecule has 0 aromatic heterocycles. The van der Waals surface area contributed by atoms with Gasteiger partial charge in [0, 0.05) is 12.5 Å². The lowest BCUT2D eigenvalue weighted by molar-refractivity contribution is 0.0389. The predicted molar refractivity (Wildman–Crippen MR) is 59.9 cm³/mol. The van der Waals surface area contributed by atoms with E-state index < -0.39 is 23.5 Å². The normalized spacial score (nSPS) is 21.9. The van der Waals surface area contributed by atoms with Crippen molar-refractivity contribution in [3.05, 3.63) is 35.1 Å². The summed E-state index contributed by atoms with van der Waals surface area (Å²) in [6, 6.07) is 1.49. The van der Waals surface area contributed by atoms with Gasteiger partial charge in [-0.2, -0.15) is 0 Å². The molecule has 1 aliphatic heterocycles. The summed E-state index contributed by atoms with van der Waals surface area (Å²) in [6.45, 7) is 1.15. The Kier molecular flexibility index (Phi) is 4.21. The maximum atomic E-state index is 13.2. The molecule has 0 spiro atoms. The van der Waals surface area contributed by atoms with E-state index in [9.17, 15) is 13.2 Å². The lowest BCUT2D eigenvalue weighted by Gasteiger charge is -2.30. The van der Waals surface area contributed by atoms with Crippen molar-refractivity contribution in [1.82, 2.24) is 5.43 Å². The van der Waals surface area contributed by atoms with Gasteiger partial charge in [-0.1, -0.05) is 0 Å². The van der Waals surface area contributed by atoms with E-state index in [0.717, 1.165) is 25.0 Å². The minimum Gasteiger partial charge on any atom is -0.381 e. The van der Waals surface area contributed by atoms with Crippen LogP contribution < -0.4 is 11.3 Å². The third-order valence-electron chi connectivity index (χ3n) is 3.21. The number of rotatable bonds is 3. The molecule has 18 heavy (non-hydrogen) atoms. The SMILES string of the molecule is NNC(c1cc(F)c(F)c(F)c1)C1CCCOC1. The standard InChI is InChI=1S/C12H15F3N2O/c13-9-4-8(5-10(14)11(9)15)12(17-16)7-2-1-3-18-6-7/h4-5,7,12,17H,1-3,6,16H2. The number of hydrazine groups is 1. The van der Waals surface area contributed by atoms with Crippen molar-refractivity contribution in [3.8, 4) is 0 Å². The van der Waals surface area contributed by atoms with Crippen molar-refractivity contribution in [3.63, 3.8) is 0 Å². The van der Waals surface area contributed by atoms with Crippen LogP contribution in [0.25, 0.3) is 0 Å². The molecule has 3 nitrogen and oxygen atoms in total. The first kappa shape index (κ1) is 13.3. The van der Waals surface area contributed by atoms with Gasteiger partial charge in [0.2, 0.25) is 0 Å². The number of ether oxygens (including phenoxy) is 1. The fraction of sp³-hybridized carbons (Fsp3) is 0.500. The van der Waals surface area contributed by atoms with E-state index in [1.807, 2.05) is 0 Å². The second-order valence-electron chi connectivity index (χ2n) is 4.42. The van der Waals surface area contributed by atoms with Gasteiger partial charge < -0.3 is 4.74 Å². The highest BCUT2D eigenvalue weighted by molar-refractivity contribution is 5.23. The van der Waals surface area contributed by atoms with Gasteiger partial charge in [-0.3, -0.25) is 11.3 Å². The Balaban J connectivity index is 2.26. The molecule has 1 aromatic carbocycles. The molecule has 0 amide bonds. The van der Waals surface area contributed by atoms with Crippen LogP contribution in [-0.4, -0.2) is 13.2 Å². The molecular weight excluding hydrogens is 245 g/mol. The Morgan fingerprint density at radius 2 is 1.94 bits per heavy atom. The average Bonchev–Trinajstić information content (AvgIpc) is 2.38. The lowest BCUT2D eigenvalue weighted by Crippen LogP contribution is -2.37. The molecule has 1 aromatic rings. The largest absolute Gasteiger partial charge is 0.381 e. The van der Waals surface area contributed by atoms with Crippen LogP contribution in [0.15, 0.2) is 12.1 Å². The summed E-state index contributed by atoms with van der Waals surface area (Å²) >= 11 is 0. The first-order valence-electron chi connectivity index (χ1n) is 5.81. The van der Waals surface area contributed by atoms with Crippen molar-refractivity contribution in [2.75, 3.05) is 13.2 Å². The molecule has 2 rings (SSSR count). The number of nitrogens with two attached hydrogens (primary N) is 1. The summed E-state index contributed by atoms with van der Waals surface area (Å²) in [7, 11) is 0. The van der Waals surface area contributed by atoms with E-state index in [2.05, 4.69) is 5.43 Å². The fourth-order valence-corrected chi connectivity index (χ4v) is 2.29. The molecule has 0 bridgehead atoms. The van der Waals surface area contributed by atoms with E-state index in [-0.39, 0.29) is 5.92 Å². The monoisotopic (exact) mass is 260 g/mol. The van der Waals surface area contributed by atoms with Crippen LogP contribution in [0.1, 0.15) is 24.4 Å². The van der Waals surface area contributed by atoms with Crippen molar-refractivity contribution in [2.24, 2.45) is 11.8 Å². The van der Waals surface area contributed by atoms with Crippen LogP contribution in [-0.2, 0) is 4.74 Å². The molecule has 1 saturated heterocycles. The van der Waals surface area contributed by atoms with E-state index >= 15 is 0 Å². The first-order chi connectivity index (χ1) is 8.63. The molecule has 100 valence electrons. The number of hydrogen-bond donors (Lipinski definition) is 2. The number of halogens is 3. The van der Waals surface area contributed by atoms with Gasteiger partial charge in [0.25, 0.3) is 0 Å². The smallest absolute Gasteiger partial charge is 0.194 e. The zero-order chi connectivity index (χ0) is 13.1. The van der Waals surface area contributed by atoms with Crippen LogP contribution >= 0.6 is 0 Å². The molecule has 6 heteroatoms. The molecule has 0 radical (unpaired) electrons. The van der Waals surface area contributed by atoms with E-state index in [1.54, 1.807) is 0 Å². The zero-order valence-electron chi connectivity index (χ0n) is 9.76. The van der Waals surface area contributed by atoms with Crippen molar-refractivity contribution in [1.29, 1.82) is 0 Å². The highest BCUT2D eigenvalue weighted by Crippen LogP contribution is 2.29. The predicted octanol–water partition coefficient (Wildman–Crippen LogP) is 2.03. The topological polar surface area (TPSA) is 47.3 Å². The fourth-order valence-electron chi connectivity index (χ4n) is 2.29. The molecule has 0 aliphatic carbocycles. The zero-order valence-corrected chi connectivity index (χ0v) is 9.76. The molecule has 3 N–H and O–H groups in total. The quantitative estimate of drug-likeness (QED) is 0.496. The Morgan fingerprint density at radius 1 is 1.28 bits per heavy atom. The molecule has 1 fully saturated rings. The lowest BCUT2D eigenvalue weighted by atomic mass is 9.89. The van der Waals surface area contributed by atoms with E-state index in [4.69, 9.17) is 10.6 Å². The van der Waals surface area contributed by atoms with Crippen LogP contribution in [0, 0.1) is 23.4 Å². The molecule has 0 saturated carbocycles. The van der Waals surface area contributed by atoms with Gasteiger partial charge >= 0.3 is 0 Å². The second-order valence-corrected chi connectivity index (χ2v) is 4.42. The summed E-state index contributed by atoms with van der Waals surface area (Å²) in [6.07, 6.45) is 1.71. The highest BCUT2D eigenvalue weighted by Gasteiger charge is 2.26. The molecule has 2 unspecified atom stereocenters. The molecule has 1 aliphatic rings. The summed E-state index contributed by atoms with van der Waals surface area (Å²) in [5, 5.41) is 0. The Bertz CT molecular complexity index is 399. The number of nitrogens with one attached hydrogen (secondary N) is 1. The van der Waals surface area contributed by atoms with Gasteiger partial charge in [-0.25, -0.2) is 13.2 Å². The van der Waals surface area contributed by atoms with E-state index in [1.165, 1.54) is 0 Å². The van der Waals surface area contributed by atoms with Crippen LogP contribution in [0.3, 0.4) is 0 Å². The molecule has 1 heterocycles. The van der Waals surface area contributed by atoms with Crippen LogP contribution in [0.2, 0.25) is 0 Å². The molecular formula is C12H15F3N2O. The summed E-state index contributed by atoms with van der Waals surface area (Å²) in [5.41, 5.74) is 2.82. The number of hydrogen-bond acceptors (Lipinski definition) is 3. The van der Waals surface area contributed by atoms with Gasteiger partial charge in [-0.15, -0.1) is 0 Å². The van der Waals surface area contributed by atoms with Gasteiger partial charge in [0.05, 0.1) is 12.6 Å². The second kappa shape index (κ2) is 5.69. The average molecular weight is 260 g/mol. The van der Waals surface area contributed by atoms with Gasteiger partial charge in [0.1, 0.15) is 0 Å². The highest BCUT2D eigenvalue weighted by atomic mass is 19.2. The Morgan fingerprint density at radius 3 is 2.44 bits per heavy atom. The minimum absolute atomic E-state index is 0.0213.